The maximum absolute atomic E-state index is 5.11. The van der Waals surface area contributed by atoms with Gasteiger partial charge in [-0.2, -0.15) is 0 Å². The summed E-state index contributed by atoms with van der Waals surface area (Å²) in [7, 11) is 0. The first-order chi connectivity index (χ1) is 5.41. The second kappa shape index (κ2) is 8.50. The van der Waals surface area contributed by atoms with Gasteiger partial charge in [0.1, 0.15) is 0 Å². The first kappa shape index (κ1) is 9.50. The molecule has 0 rings (SSSR count). The molecule has 0 saturated carbocycles. The van der Waals surface area contributed by atoms with Gasteiger partial charge in [-0.3, -0.25) is 0 Å². The normalized spacial score (nSPS) is 12.7. The lowest BCUT2D eigenvalue weighted by atomic mass is 10.4. The summed E-state index contributed by atoms with van der Waals surface area (Å²) in [4.78, 5) is 0. The van der Waals surface area contributed by atoms with Gasteiger partial charge in [-0.15, -0.1) is 0 Å². The van der Waals surface area contributed by atoms with Crippen LogP contribution in [0.3, 0.4) is 0 Å². The van der Waals surface area contributed by atoms with Gasteiger partial charge in [0.25, 0.3) is 0 Å². The van der Waals surface area contributed by atoms with Gasteiger partial charge in [-0.1, -0.05) is 49.1 Å². The molecule has 0 atom stereocenters. The summed E-state index contributed by atoms with van der Waals surface area (Å²) in [6.07, 6.45) is 16.4. The summed E-state index contributed by atoms with van der Waals surface area (Å²) in [5, 5.41) is 0. The zero-order valence-electron chi connectivity index (χ0n) is 6.48. The Morgan fingerprint density at radius 2 is 1.18 bits per heavy atom. The van der Waals surface area contributed by atoms with Crippen molar-refractivity contribution in [3.63, 3.8) is 0 Å². The Balaban J connectivity index is 3.59. The quantitative estimate of drug-likeness (QED) is 0.607. The molecule has 0 aliphatic carbocycles. The monoisotopic (exact) mass is 147 g/mol. The highest BCUT2D eigenvalue weighted by molar-refractivity contribution is 5.16. The van der Waals surface area contributed by atoms with Crippen molar-refractivity contribution in [2.75, 3.05) is 0 Å². The van der Waals surface area contributed by atoms with Crippen molar-refractivity contribution in [2.24, 2.45) is 5.73 Å². The molecule has 0 amide bonds. The molecule has 1 heteroatoms. The van der Waals surface area contributed by atoms with E-state index in [2.05, 4.69) is 6.58 Å². The highest BCUT2D eigenvalue weighted by Gasteiger charge is 1.59. The molecular weight excluding hydrogens is 134 g/mol. The van der Waals surface area contributed by atoms with Crippen LogP contribution in [0.2, 0.25) is 0 Å². The minimum atomic E-state index is 1.49. The lowest BCUT2D eigenvalue weighted by Crippen LogP contribution is -1.71. The molecule has 0 radical (unpaired) electrons. The van der Waals surface area contributed by atoms with Crippen molar-refractivity contribution in [1.29, 1.82) is 0 Å². The molecule has 0 aromatic rings. The Bertz CT molecular complexity index is 195. The van der Waals surface area contributed by atoms with E-state index in [0.717, 1.165) is 0 Å². The molecule has 58 valence electrons. The maximum Gasteiger partial charge on any atom is -0.00624 e. The van der Waals surface area contributed by atoms with Crippen molar-refractivity contribution in [2.45, 2.75) is 0 Å². The van der Waals surface area contributed by atoms with Gasteiger partial charge in [-0.05, 0) is 12.3 Å². The second-order valence-corrected chi connectivity index (χ2v) is 1.78. The summed E-state index contributed by atoms with van der Waals surface area (Å²) < 4.78 is 0. The van der Waals surface area contributed by atoms with Crippen LogP contribution in [-0.4, -0.2) is 0 Å². The smallest absolute Gasteiger partial charge is 0.00624 e. The van der Waals surface area contributed by atoms with Crippen LogP contribution in [0.1, 0.15) is 0 Å². The topological polar surface area (TPSA) is 26.0 Å². The standard InChI is InChI=1S/C10H13N/c1-2-3-4-5-6-7-8-9-10-11/h2-10H,1,11H2. The zero-order valence-corrected chi connectivity index (χ0v) is 6.48. The molecule has 11 heavy (non-hydrogen) atoms. The van der Waals surface area contributed by atoms with Gasteiger partial charge in [0.05, 0.1) is 0 Å². The van der Waals surface area contributed by atoms with Gasteiger partial charge in [0.2, 0.25) is 0 Å². The van der Waals surface area contributed by atoms with Crippen molar-refractivity contribution in [3.05, 3.63) is 61.4 Å². The molecule has 0 saturated heterocycles. The van der Waals surface area contributed by atoms with Gasteiger partial charge >= 0.3 is 0 Å². The summed E-state index contributed by atoms with van der Waals surface area (Å²) in [6, 6.07) is 0. The number of hydrogen-bond acceptors (Lipinski definition) is 1. The van der Waals surface area contributed by atoms with Crippen molar-refractivity contribution in [1.82, 2.24) is 0 Å². The second-order valence-electron chi connectivity index (χ2n) is 1.78. The summed E-state index contributed by atoms with van der Waals surface area (Å²) in [6.45, 7) is 3.54. The van der Waals surface area contributed by atoms with E-state index in [1.165, 1.54) is 6.20 Å². The Morgan fingerprint density at radius 3 is 1.64 bits per heavy atom. The van der Waals surface area contributed by atoms with Gasteiger partial charge in [0.15, 0.2) is 0 Å². The molecule has 0 aliphatic rings. The molecule has 0 aliphatic heterocycles. The van der Waals surface area contributed by atoms with Crippen molar-refractivity contribution < 1.29 is 0 Å². The first-order valence-electron chi connectivity index (χ1n) is 3.41. The van der Waals surface area contributed by atoms with E-state index in [0.29, 0.717) is 0 Å². The van der Waals surface area contributed by atoms with Crippen LogP contribution >= 0.6 is 0 Å². The average molecular weight is 147 g/mol. The Morgan fingerprint density at radius 1 is 0.727 bits per heavy atom. The fourth-order valence-corrected chi connectivity index (χ4v) is 0.463. The fourth-order valence-electron chi connectivity index (χ4n) is 0.463. The highest BCUT2D eigenvalue weighted by Crippen LogP contribution is 1.80. The van der Waals surface area contributed by atoms with E-state index in [9.17, 15) is 0 Å². The highest BCUT2D eigenvalue weighted by atomic mass is 14.5. The van der Waals surface area contributed by atoms with Crippen molar-refractivity contribution >= 4 is 0 Å². The van der Waals surface area contributed by atoms with Crippen LogP contribution in [0, 0.1) is 0 Å². The average Bonchev–Trinajstić information content (AvgIpc) is 2.03. The molecular formula is C10H13N. The third-order valence-corrected chi connectivity index (χ3v) is 0.914. The molecule has 2 N–H and O–H groups in total. The van der Waals surface area contributed by atoms with Crippen molar-refractivity contribution in [3.8, 4) is 0 Å². The van der Waals surface area contributed by atoms with Crippen LogP contribution < -0.4 is 5.73 Å². The largest absolute Gasteiger partial charge is 0.405 e. The summed E-state index contributed by atoms with van der Waals surface area (Å²) >= 11 is 0. The van der Waals surface area contributed by atoms with E-state index < -0.39 is 0 Å². The maximum atomic E-state index is 5.11. The van der Waals surface area contributed by atoms with E-state index >= 15 is 0 Å². The van der Waals surface area contributed by atoms with Crippen LogP contribution in [-0.2, 0) is 0 Å². The molecule has 0 aromatic heterocycles. The van der Waals surface area contributed by atoms with Gasteiger partial charge in [-0.25, -0.2) is 0 Å². The molecule has 0 unspecified atom stereocenters. The lowest BCUT2D eigenvalue weighted by molar-refractivity contribution is 1.60. The van der Waals surface area contributed by atoms with Gasteiger partial charge < -0.3 is 5.73 Å². The number of allylic oxidation sites excluding steroid dienone is 8. The predicted octanol–water partition coefficient (Wildman–Crippen LogP) is 2.31. The molecule has 0 bridgehead atoms. The molecule has 0 aromatic carbocycles. The van der Waals surface area contributed by atoms with E-state index in [-0.39, 0.29) is 0 Å². The summed E-state index contributed by atoms with van der Waals surface area (Å²) in [5.74, 6) is 0. The Labute approximate surface area is 67.9 Å². The molecule has 0 heterocycles. The van der Waals surface area contributed by atoms with E-state index in [4.69, 9.17) is 5.73 Å². The SMILES string of the molecule is C=CC=CC=CC=CC=CN. The first-order valence-corrected chi connectivity index (χ1v) is 3.41. The van der Waals surface area contributed by atoms with Crippen LogP contribution in [0.4, 0.5) is 0 Å². The van der Waals surface area contributed by atoms with Crippen LogP contribution in [0.15, 0.2) is 61.4 Å². The van der Waals surface area contributed by atoms with E-state index in [1.54, 1.807) is 12.2 Å². The summed E-state index contributed by atoms with van der Waals surface area (Å²) in [5.41, 5.74) is 5.11. The van der Waals surface area contributed by atoms with Crippen LogP contribution in [0.5, 0.6) is 0 Å². The number of hydrogen-bond donors (Lipinski definition) is 1. The Hall–Kier alpha value is -1.50. The third-order valence-electron chi connectivity index (χ3n) is 0.914. The van der Waals surface area contributed by atoms with Gasteiger partial charge in [0, 0.05) is 0 Å². The van der Waals surface area contributed by atoms with E-state index in [1.807, 2.05) is 36.5 Å². The lowest BCUT2D eigenvalue weighted by Gasteiger charge is -1.72. The molecule has 0 fully saturated rings. The third kappa shape index (κ3) is 8.50. The number of rotatable bonds is 4. The van der Waals surface area contributed by atoms with Crippen LogP contribution in [0.25, 0.3) is 0 Å². The zero-order chi connectivity index (χ0) is 8.36. The predicted molar refractivity (Wildman–Crippen MR) is 50.9 cm³/mol. The Kier molecular flexibility index (Phi) is 7.34. The number of nitrogens with two attached hydrogens (primary N) is 1. The minimum absolute atomic E-state index is 1.49. The fraction of sp³-hybridized carbons (Fsp3) is 0. The molecule has 0 spiro atoms. The molecule has 1 nitrogen and oxygen atoms in total. The minimum Gasteiger partial charge on any atom is -0.405 e.